The summed E-state index contributed by atoms with van der Waals surface area (Å²) in [5.41, 5.74) is 5.52. The summed E-state index contributed by atoms with van der Waals surface area (Å²) in [6, 6.07) is 0.0164. The van der Waals surface area contributed by atoms with Crippen LogP contribution in [-0.4, -0.2) is 23.0 Å². The van der Waals surface area contributed by atoms with Gasteiger partial charge in [-0.15, -0.1) is 0 Å². The second kappa shape index (κ2) is 5.89. The smallest absolute Gasteiger partial charge is 0.231 e. The molecule has 5 nitrogen and oxygen atoms in total. The molecule has 0 spiro atoms. The van der Waals surface area contributed by atoms with Crippen LogP contribution >= 0.6 is 0 Å². The van der Waals surface area contributed by atoms with E-state index in [2.05, 4.69) is 10.5 Å². The van der Waals surface area contributed by atoms with Crippen LogP contribution in [0, 0.1) is 17.3 Å². The molecule has 0 aromatic carbocycles. The minimum atomic E-state index is -0.593. The van der Waals surface area contributed by atoms with Crippen LogP contribution in [0.2, 0.25) is 0 Å². The van der Waals surface area contributed by atoms with Gasteiger partial charge in [0, 0.05) is 6.04 Å². The maximum Gasteiger partial charge on any atom is 0.231 e. The van der Waals surface area contributed by atoms with Crippen molar-refractivity contribution in [3.05, 3.63) is 0 Å². The van der Waals surface area contributed by atoms with Crippen molar-refractivity contribution in [1.82, 2.24) is 5.32 Å². The van der Waals surface area contributed by atoms with Gasteiger partial charge in [-0.25, -0.2) is 0 Å². The Morgan fingerprint density at radius 2 is 1.76 bits per heavy atom. The molecule has 0 bridgehead atoms. The lowest BCUT2D eigenvalue weighted by Gasteiger charge is -2.30. The predicted octanol–water partition coefficient (Wildman–Crippen LogP) is 1.56. The zero-order chi connectivity index (χ0) is 13.8. The largest absolute Gasteiger partial charge is 0.409 e. The van der Waals surface area contributed by atoms with Gasteiger partial charge in [-0.3, -0.25) is 4.79 Å². The van der Waals surface area contributed by atoms with Crippen molar-refractivity contribution in [1.29, 1.82) is 0 Å². The number of carbonyl (C=O) groups is 1. The molecule has 0 radical (unpaired) electrons. The highest BCUT2D eigenvalue weighted by atomic mass is 16.4. The van der Waals surface area contributed by atoms with Crippen molar-refractivity contribution in [2.75, 3.05) is 0 Å². The van der Waals surface area contributed by atoms with Crippen LogP contribution in [0.4, 0.5) is 0 Å². The molecule has 0 aromatic heterocycles. The lowest BCUT2D eigenvalue weighted by molar-refractivity contribution is -0.125. The molecule has 17 heavy (non-hydrogen) atoms. The summed E-state index contributed by atoms with van der Waals surface area (Å²) in [4.78, 5) is 12.1. The quantitative estimate of drug-likeness (QED) is 0.303. The molecule has 1 amide bonds. The normalized spacial score (nSPS) is 16.8. The number of nitrogens with one attached hydrogen (secondary N) is 1. The maximum atomic E-state index is 12.1. The summed E-state index contributed by atoms with van der Waals surface area (Å²) >= 11 is 0. The van der Waals surface area contributed by atoms with E-state index in [0.717, 1.165) is 0 Å². The van der Waals surface area contributed by atoms with Gasteiger partial charge < -0.3 is 16.3 Å². The van der Waals surface area contributed by atoms with Gasteiger partial charge in [-0.2, -0.15) is 0 Å². The molecule has 100 valence electrons. The van der Waals surface area contributed by atoms with E-state index in [1.54, 1.807) is 0 Å². The molecule has 4 N–H and O–H groups in total. The van der Waals surface area contributed by atoms with E-state index in [0.29, 0.717) is 0 Å². The van der Waals surface area contributed by atoms with Crippen LogP contribution in [0.5, 0.6) is 0 Å². The van der Waals surface area contributed by atoms with Crippen LogP contribution in [0.1, 0.15) is 41.5 Å². The van der Waals surface area contributed by atoms with Crippen LogP contribution < -0.4 is 11.1 Å². The summed E-state index contributed by atoms with van der Waals surface area (Å²) in [5.74, 6) is -0.848. The number of rotatable bonds is 4. The average Bonchev–Trinajstić information content (AvgIpc) is 2.15. The summed E-state index contributed by atoms with van der Waals surface area (Å²) < 4.78 is 0. The molecule has 0 saturated heterocycles. The third-order valence-corrected chi connectivity index (χ3v) is 3.04. The highest BCUT2D eigenvalue weighted by molar-refractivity contribution is 6.02. The second-order valence-corrected chi connectivity index (χ2v) is 5.84. The van der Waals surface area contributed by atoms with Gasteiger partial charge in [0.15, 0.2) is 5.84 Å². The number of hydrogen-bond donors (Lipinski definition) is 3. The standard InChI is InChI=1S/C12H25N3O2/c1-7(2)9(10(13)15-17)11(16)14-8(3)12(4,5)6/h7-9,17H,1-6H3,(H2,13,15)(H,14,16). The average molecular weight is 243 g/mol. The summed E-state index contributed by atoms with van der Waals surface area (Å²) in [5, 5.41) is 14.5. The second-order valence-electron chi connectivity index (χ2n) is 5.84. The van der Waals surface area contributed by atoms with Gasteiger partial charge in [0.05, 0.1) is 0 Å². The van der Waals surface area contributed by atoms with Gasteiger partial charge in [0.25, 0.3) is 0 Å². The Labute approximate surface area is 103 Å². The summed E-state index contributed by atoms with van der Waals surface area (Å²) in [6.07, 6.45) is 0. The molecule has 0 aromatic rings. The van der Waals surface area contributed by atoms with E-state index in [1.807, 2.05) is 41.5 Å². The first-order chi connectivity index (χ1) is 7.61. The van der Waals surface area contributed by atoms with Crippen LogP contribution in [0.25, 0.3) is 0 Å². The molecule has 0 saturated carbocycles. The Morgan fingerprint density at radius 1 is 1.29 bits per heavy atom. The Bertz CT molecular complexity index is 293. The Balaban J connectivity index is 4.78. The molecule has 2 atom stereocenters. The summed E-state index contributed by atoms with van der Waals surface area (Å²) in [6.45, 7) is 11.8. The van der Waals surface area contributed by atoms with E-state index < -0.39 is 5.92 Å². The molecule has 0 aliphatic heterocycles. The number of oxime groups is 1. The fourth-order valence-electron chi connectivity index (χ4n) is 1.36. The number of nitrogens with two attached hydrogens (primary N) is 1. The molecule has 5 heteroatoms. The lowest BCUT2D eigenvalue weighted by Crippen LogP contribution is -2.48. The minimum Gasteiger partial charge on any atom is -0.409 e. The van der Waals surface area contributed by atoms with Crippen molar-refractivity contribution in [3.63, 3.8) is 0 Å². The predicted molar refractivity (Wildman–Crippen MR) is 68.8 cm³/mol. The molecule has 0 aliphatic rings. The van der Waals surface area contributed by atoms with Gasteiger partial charge >= 0.3 is 0 Å². The van der Waals surface area contributed by atoms with Gasteiger partial charge in [0.2, 0.25) is 5.91 Å². The fraction of sp³-hybridized carbons (Fsp3) is 0.833. The van der Waals surface area contributed by atoms with Crippen molar-refractivity contribution in [2.45, 2.75) is 47.6 Å². The van der Waals surface area contributed by atoms with Crippen molar-refractivity contribution in [3.8, 4) is 0 Å². The topological polar surface area (TPSA) is 87.7 Å². The lowest BCUT2D eigenvalue weighted by atomic mass is 9.86. The van der Waals surface area contributed by atoms with E-state index >= 15 is 0 Å². The van der Waals surface area contributed by atoms with Gasteiger partial charge in [0.1, 0.15) is 5.92 Å². The number of amides is 1. The SMILES string of the molecule is CC(C)C(C(=O)NC(C)C(C)(C)C)C(N)=NO. The monoisotopic (exact) mass is 243 g/mol. The Kier molecular flexibility index (Phi) is 5.45. The number of nitrogens with zero attached hydrogens (tertiary/aromatic N) is 1. The van der Waals surface area contributed by atoms with Crippen molar-refractivity contribution in [2.24, 2.45) is 28.1 Å². The van der Waals surface area contributed by atoms with Gasteiger partial charge in [-0.05, 0) is 18.3 Å². The molecule has 0 fully saturated rings. The minimum absolute atomic E-state index is 0.0157. The molecule has 0 aliphatic carbocycles. The number of amidine groups is 1. The van der Waals surface area contributed by atoms with Gasteiger partial charge in [-0.1, -0.05) is 39.8 Å². The summed E-state index contributed by atoms with van der Waals surface area (Å²) in [7, 11) is 0. The molecule has 0 heterocycles. The molecular formula is C12H25N3O2. The zero-order valence-electron chi connectivity index (χ0n) is 11.6. The van der Waals surface area contributed by atoms with Crippen molar-refractivity contribution < 1.29 is 10.0 Å². The molecule has 2 unspecified atom stereocenters. The third kappa shape index (κ3) is 4.63. The molecule has 0 rings (SSSR count). The first kappa shape index (κ1) is 15.7. The third-order valence-electron chi connectivity index (χ3n) is 3.04. The highest BCUT2D eigenvalue weighted by Crippen LogP contribution is 2.20. The zero-order valence-corrected chi connectivity index (χ0v) is 11.6. The first-order valence-electron chi connectivity index (χ1n) is 5.89. The Morgan fingerprint density at radius 3 is 2.06 bits per heavy atom. The first-order valence-corrected chi connectivity index (χ1v) is 5.89. The van der Waals surface area contributed by atoms with E-state index in [4.69, 9.17) is 10.9 Å². The van der Waals surface area contributed by atoms with E-state index in [9.17, 15) is 4.79 Å². The highest BCUT2D eigenvalue weighted by Gasteiger charge is 2.30. The fourth-order valence-corrected chi connectivity index (χ4v) is 1.36. The van der Waals surface area contributed by atoms with E-state index in [-0.39, 0.29) is 29.1 Å². The number of carbonyl (C=O) groups excluding carboxylic acids is 1. The van der Waals surface area contributed by atoms with Crippen LogP contribution in [-0.2, 0) is 4.79 Å². The van der Waals surface area contributed by atoms with E-state index in [1.165, 1.54) is 0 Å². The number of hydrogen-bond acceptors (Lipinski definition) is 3. The Hall–Kier alpha value is -1.26. The van der Waals surface area contributed by atoms with Crippen LogP contribution in [0.15, 0.2) is 5.16 Å². The molecular weight excluding hydrogens is 218 g/mol. The van der Waals surface area contributed by atoms with Crippen LogP contribution in [0.3, 0.4) is 0 Å². The van der Waals surface area contributed by atoms with Crippen molar-refractivity contribution >= 4 is 11.7 Å². The maximum absolute atomic E-state index is 12.1.